The third-order valence-corrected chi connectivity index (χ3v) is 4.39. The summed E-state index contributed by atoms with van der Waals surface area (Å²) in [4.78, 5) is 13.1. The smallest absolute Gasteiger partial charge is 0.306 e. The summed E-state index contributed by atoms with van der Waals surface area (Å²) in [6.07, 6.45) is 1.97. The van der Waals surface area contributed by atoms with Crippen LogP contribution in [-0.4, -0.2) is 70.2 Å². The summed E-state index contributed by atoms with van der Waals surface area (Å²) < 4.78 is 5.59. The van der Waals surface area contributed by atoms with Crippen LogP contribution < -0.4 is 0 Å². The molecule has 1 saturated heterocycles. The van der Waals surface area contributed by atoms with Gasteiger partial charge in [0.15, 0.2) is 0 Å². The number of rotatable bonds is 4. The van der Waals surface area contributed by atoms with E-state index in [9.17, 15) is 15.0 Å². The third-order valence-electron chi connectivity index (χ3n) is 4.39. The van der Waals surface area contributed by atoms with Crippen LogP contribution in [0.5, 0.6) is 0 Å². The molecule has 1 aliphatic heterocycles. The molecule has 0 spiro atoms. The molecule has 2 rings (SSSR count). The highest BCUT2D eigenvalue weighted by Gasteiger charge is 2.38. The van der Waals surface area contributed by atoms with E-state index in [0.717, 1.165) is 6.54 Å². The van der Waals surface area contributed by atoms with E-state index in [1.807, 2.05) is 6.92 Å². The number of hydrogen-bond acceptors (Lipinski definition) is 5. The number of nitrogens with zero attached hydrogens (tertiary/aromatic N) is 1. The summed E-state index contributed by atoms with van der Waals surface area (Å²) in [5, 5.41) is 28.8. The predicted octanol–water partition coefficient (Wildman–Crippen LogP) is 0.0739. The number of carbonyl (C=O) groups is 1. The van der Waals surface area contributed by atoms with Crippen molar-refractivity contribution < 1.29 is 24.9 Å². The lowest BCUT2D eigenvalue weighted by atomic mass is 9.78. The van der Waals surface area contributed by atoms with Gasteiger partial charge in [-0.05, 0) is 32.6 Å². The average molecular weight is 287 g/mol. The molecule has 6 nitrogen and oxygen atoms in total. The summed E-state index contributed by atoms with van der Waals surface area (Å²) in [5.41, 5.74) is -0.803. The second-order valence-corrected chi connectivity index (χ2v) is 6.28. The molecular formula is C14H25NO5. The van der Waals surface area contributed by atoms with Gasteiger partial charge in [-0.15, -0.1) is 0 Å². The summed E-state index contributed by atoms with van der Waals surface area (Å²) in [5.74, 6) is -1.07. The Morgan fingerprint density at radius 3 is 2.55 bits per heavy atom. The molecule has 1 heterocycles. The number of aliphatic hydroxyl groups excluding tert-OH is 1. The largest absolute Gasteiger partial charge is 0.481 e. The summed E-state index contributed by atoms with van der Waals surface area (Å²) >= 11 is 0. The molecule has 0 bridgehead atoms. The van der Waals surface area contributed by atoms with Crippen molar-refractivity contribution in [1.29, 1.82) is 0 Å². The first kappa shape index (κ1) is 15.7. The first-order valence-corrected chi connectivity index (χ1v) is 7.36. The molecule has 116 valence electrons. The van der Waals surface area contributed by atoms with Crippen LogP contribution in [0.3, 0.4) is 0 Å². The Morgan fingerprint density at radius 2 is 2.00 bits per heavy atom. The van der Waals surface area contributed by atoms with Gasteiger partial charge in [-0.3, -0.25) is 9.69 Å². The molecule has 0 amide bonds. The summed E-state index contributed by atoms with van der Waals surface area (Å²) in [7, 11) is 0. The van der Waals surface area contributed by atoms with Crippen molar-refractivity contribution in [2.75, 3.05) is 26.2 Å². The van der Waals surface area contributed by atoms with Gasteiger partial charge >= 0.3 is 5.97 Å². The Balaban J connectivity index is 1.87. The number of β-amino-alcohol motifs (C(OH)–C–C–N with tert-alkyl or cyclic N) is 1. The van der Waals surface area contributed by atoms with Crippen molar-refractivity contribution in [2.45, 2.75) is 50.4 Å². The second kappa shape index (κ2) is 6.39. The van der Waals surface area contributed by atoms with Crippen LogP contribution in [-0.2, 0) is 9.53 Å². The topological polar surface area (TPSA) is 90.2 Å². The maximum absolute atomic E-state index is 10.9. The van der Waals surface area contributed by atoms with E-state index in [-0.39, 0.29) is 24.7 Å². The van der Waals surface area contributed by atoms with Crippen LogP contribution >= 0.6 is 0 Å². The molecule has 2 fully saturated rings. The Labute approximate surface area is 119 Å². The standard InChI is InChI=1S/C14H25NO5/c1-10-6-15(7-12(8-16)20-10)9-14(19)4-2-11(3-5-14)13(17)18/h10-12,16,19H,2-9H2,1H3,(H,17,18). The van der Waals surface area contributed by atoms with Crippen molar-refractivity contribution in [3.05, 3.63) is 0 Å². The summed E-state index contributed by atoms with van der Waals surface area (Å²) in [6.45, 7) is 3.83. The van der Waals surface area contributed by atoms with Gasteiger partial charge in [0, 0.05) is 19.6 Å². The fourth-order valence-corrected chi connectivity index (χ4v) is 3.35. The molecule has 20 heavy (non-hydrogen) atoms. The highest BCUT2D eigenvalue weighted by Crippen LogP contribution is 2.33. The van der Waals surface area contributed by atoms with Crippen molar-refractivity contribution >= 4 is 5.97 Å². The molecule has 2 atom stereocenters. The molecule has 6 heteroatoms. The lowest BCUT2D eigenvalue weighted by Crippen LogP contribution is -2.54. The number of carboxylic acids is 1. The molecule has 1 aliphatic carbocycles. The molecule has 0 aromatic carbocycles. The highest BCUT2D eigenvalue weighted by atomic mass is 16.5. The normalized spacial score (nSPS) is 39.6. The van der Waals surface area contributed by atoms with Gasteiger partial charge in [0.25, 0.3) is 0 Å². The van der Waals surface area contributed by atoms with Crippen LogP contribution in [0.15, 0.2) is 0 Å². The van der Waals surface area contributed by atoms with Crippen molar-refractivity contribution in [3.8, 4) is 0 Å². The van der Waals surface area contributed by atoms with E-state index in [2.05, 4.69) is 4.90 Å². The Kier molecular flexibility index (Phi) is 5.01. The van der Waals surface area contributed by atoms with Gasteiger partial charge in [-0.2, -0.15) is 0 Å². The van der Waals surface area contributed by atoms with Crippen LogP contribution in [0.4, 0.5) is 0 Å². The van der Waals surface area contributed by atoms with Crippen LogP contribution in [0, 0.1) is 5.92 Å². The summed E-state index contributed by atoms with van der Waals surface area (Å²) in [6, 6.07) is 0. The number of aliphatic carboxylic acids is 1. The molecular weight excluding hydrogens is 262 g/mol. The van der Waals surface area contributed by atoms with Crippen molar-refractivity contribution in [2.24, 2.45) is 5.92 Å². The minimum absolute atomic E-state index is 0.0135. The molecule has 3 N–H and O–H groups in total. The van der Waals surface area contributed by atoms with E-state index < -0.39 is 11.6 Å². The van der Waals surface area contributed by atoms with Gasteiger partial charge in [0.2, 0.25) is 0 Å². The SMILES string of the molecule is CC1CN(CC2(O)CCC(C(=O)O)CC2)CC(CO)O1. The van der Waals surface area contributed by atoms with Gasteiger partial charge in [0.05, 0.1) is 30.3 Å². The Hall–Kier alpha value is -0.690. The lowest BCUT2D eigenvalue weighted by molar-refractivity contribution is -0.146. The van der Waals surface area contributed by atoms with Crippen molar-refractivity contribution in [3.63, 3.8) is 0 Å². The fraction of sp³-hybridized carbons (Fsp3) is 0.929. The zero-order valence-corrected chi connectivity index (χ0v) is 12.0. The third kappa shape index (κ3) is 3.91. The van der Waals surface area contributed by atoms with E-state index in [4.69, 9.17) is 9.84 Å². The van der Waals surface area contributed by atoms with Gasteiger partial charge in [-0.1, -0.05) is 0 Å². The first-order valence-electron chi connectivity index (χ1n) is 7.36. The molecule has 0 radical (unpaired) electrons. The monoisotopic (exact) mass is 287 g/mol. The molecule has 2 unspecified atom stereocenters. The maximum atomic E-state index is 10.9. The van der Waals surface area contributed by atoms with Gasteiger partial charge < -0.3 is 20.1 Å². The van der Waals surface area contributed by atoms with Crippen molar-refractivity contribution in [1.82, 2.24) is 4.90 Å². The van der Waals surface area contributed by atoms with E-state index in [1.54, 1.807) is 0 Å². The number of hydrogen-bond donors (Lipinski definition) is 3. The minimum Gasteiger partial charge on any atom is -0.481 e. The highest BCUT2D eigenvalue weighted by molar-refractivity contribution is 5.70. The zero-order chi connectivity index (χ0) is 14.8. The van der Waals surface area contributed by atoms with Crippen LogP contribution in [0.2, 0.25) is 0 Å². The van der Waals surface area contributed by atoms with E-state index in [1.165, 1.54) is 0 Å². The lowest BCUT2D eigenvalue weighted by Gasteiger charge is -2.42. The minimum atomic E-state index is -0.803. The molecule has 0 aromatic rings. The van der Waals surface area contributed by atoms with Gasteiger partial charge in [-0.25, -0.2) is 0 Å². The number of ether oxygens (including phenoxy) is 1. The maximum Gasteiger partial charge on any atom is 0.306 e. The Bertz CT molecular complexity index is 340. The van der Waals surface area contributed by atoms with E-state index in [0.29, 0.717) is 38.8 Å². The fourth-order valence-electron chi connectivity index (χ4n) is 3.35. The van der Waals surface area contributed by atoms with Crippen LogP contribution in [0.1, 0.15) is 32.6 Å². The quantitative estimate of drug-likeness (QED) is 0.678. The van der Waals surface area contributed by atoms with E-state index >= 15 is 0 Å². The zero-order valence-electron chi connectivity index (χ0n) is 12.0. The second-order valence-electron chi connectivity index (χ2n) is 6.28. The molecule has 1 saturated carbocycles. The predicted molar refractivity (Wildman–Crippen MR) is 72.4 cm³/mol. The molecule has 2 aliphatic rings. The van der Waals surface area contributed by atoms with Gasteiger partial charge in [0.1, 0.15) is 0 Å². The van der Waals surface area contributed by atoms with Crippen LogP contribution in [0.25, 0.3) is 0 Å². The number of aliphatic hydroxyl groups is 2. The average Bonchev–Trinajstić information content (AvgIpc) is 2.37. The number of carboxylic acid groups (broad SMARTS) is 1. The first-order chi connectivity index (χ1) is 9.42. The Morgan fingerprint density at radius 1 is 1.35 bits per heavy atom. The number of morpholine rings is 1. The molecule has 0 aromatic heterocycles.